The maximum atomic E-state index is 10.9. The average Bonchev–Trinajstić information content (AvgIpc) is 2.28. The van der Waals surface area contributed by atoms with E-state index in [0.29, 0.717) is 12.4 Å². The molecule has 0 aliphatic carbocycles. The van der Waals surface area contributed by atoms with E-state index in [1.54, 1.807) is 6.07 Å². The highest BCUT2D eigenvalue weighted by molar-refractivity contribution is 7.38. The lowest BCUT2D eigenvalue weighted by molar-refractivity contribution is 0.0274. The molecule has 1 aromatic heterocycles. The molecule has 1 aromatic rings. The number of aromatic amines is 1. The van der Waals surface area contributed by atoms with E-state index >= 15 is 0 Å². The molecule has 1 fully saturated rings. The van der Waals surface area contributed by atoms with Crippen LogP contribution in [0.2, 0.25) is 0 Å². The van der Waals surface area contributed by atoms with Crippen LogP contribution in [0.4, 0.5) is 5.82 Å². The fraction of sp³-hybridized carbons (Fsp3) is 0.500. The first-order valence-corrected chi connectivity index (χ1v) is 6.09. The summed E-state index contributed by atoms with van der Waals surface area (Å²) in [5.74, 6) is 0.568. The highest BCUT2D eigenvalue weighted by atomic mass is 31.1. The van der Waals surface area contributed by atoms with E-state index in [2.05, 4.69) is 15.3 Å². The Bertz CT molecular complexity index is 425. The van der Waals surface area contributed by atoms with Gasteiger partial charge < -0.3 is 10.1 Å². The first-order valence-electron chi connectivity index (χ1n) is 4.72. The van der Waals surface area contributed by atoms with Crippen molar-refractivity contribution in [1.82, 2.24) is 9.97 Å². The van der Waals surface area contributed by atoms with Crippen molar-refractivity contribution in [3.8, 4) is 0 Å². The fourth-order valence-electron chi connectivity index (χ4n) is 1.23. The molecule has 8 heteroatoms. The SMILES string of the molecule is O=c1nccc(NC[C@H]2CO[P+](=O)CO2)[nH]1. The molecule has 7 nitrogen and oxygen atoms in total. The summed E-state index contributed by atoms with van der Waals surface area (Å²) in [7, 11) is -1.66. The van der Waals surface area contributed by atoms with Gasteiger partial charge in [-0.1, -0.05) is 0 Å². The quantitative estimate of drug-likeness (QED) is 0.742. The summed E-state index contributed by atoms with van der Waals surface area (Å²) in [6.45, 7) is 0.765. The van der Waals surface area contributed by atoms with Gasteiger partial charge in [0.05, 0.1) is 0 Å². The minimum absolute atomic E-state index is 0.120. The topological polar surface area (TPSA) is 93.3 Å². The van der Waals surface area contributed by atoms with Crippen molar-refractivity contribution in [1.29, 1.82) is 0 Å². The van der Waals surface area contributed by atoms with Gasteiger partial charge in [0.15, 0.2) is 0 Å². The Labute approximate surface area is 92.1 Å². The summed E-state index contributed by atoms with van der Waals surface area (Å²) in [4.78, 5) is 16.9. The van der Waals surface area contributed by atoms with Crippen LogP contribution < -0.4 is 11.0 Å². The standard InChI is InChI=1S/C8H10N3O4P/c12-8-9-2-1-7(11-8)10-3-6-4-15-16(13)5-14-6/h1-2,6H,3-5H2,(H-,9,10,11,12)/p+1/t6-/m0/s1. The van der Waals surface area contributed by atoms with E-state index in [1.165, 1.54) is 6.20 Å². The third-order valence-electron chi connectivity index (χ3n) is 2.01. The molecule has 1 saturated heterocycles. The van der Waals surface area contributed by atoms with Gasteiger partial charge in [-0.3, -0.25) is 4.98 Å². The molecule has 1 aliphatic heterocycles. The van der Waals surface area contributed by atoms with Gasteiger partial charge in [0, 0.05) is 12.7 Å². The number of H-pyrrole nitrogens is 1. The third kappa shape index (κ3) is 3.10. The second-order valence-corrected chi connectivity index (χ2v) is 4.40. The van der Waals surface area contributed by atoms with Crippen molar-refractivity contribution in [2.45, 2.75) is 6.10 Å². The lowest BCUT2D eigenvalue weighted by Gasteiger charge is -2.16. The van der Waals surface area contributed by atoms with Crippen LogP contribution in [0.15, 0.2) is 17.1 Å². The molecule has 1 unspecified atom stereocenters. The molecule has 2 atom stereocenters. The Balaban J connectivity index is 1.83. The van der Waals surface area contributed by atoms with Crippen molar-refractivity contribution in [3.63, 3.8) is 0 Å². The molecule has 0 radical (unpaired) electrons. The zero-order valence-electron chi connectivity index (χ0n) is 8.38. The van der Waals surface area contributed by atoms with Crippen LogP contribution in [-0.2, 0) is 13.8 Å². The summed E-state index contributed by atoms with van der Waals surface area (Å²) in [6.07, 6.45) is 1.37. The molecule has 1 aliphatic rings. The van der Waals surface area contributed by atoms with Gasteiger partial charge in [-0.25, -0.2) is 9.78 Å². The minimum atomic E-state index is -1.66. The molecule has 2 heterocycles. The maximum absolute atomic E-state index is 10.9. The molecule has 0 amide bonds. The summed E-state index contributed by atoms with van der Waals surface area (Å²) in [5, 5.41) is 2.97. The lowest BCUT2D eigenvalue weighted by atomic mass is 10.3. The van der Waals surface area contributed by atoms with Crippen LogP contribution >= 0.6 is 8.03 Å². The first-order chi connectivity index (χ1) is 7.74. The van der Waals surface area contributed by atoms with Crippen molar-refractivity contribution < 1.29 is 13.8 Å². The summed E-state index contributed by atoms with van der Waals surface area (Å²) >= 11 is 0. The van der Waals surface area contributed by atoms with Crippen LogP contribution in [0.5, 0.6) is 0 Å². The Morgan fingerprint density at radius 1 is 1.69 bits per heavy atom. The van der Waals surface area contributed by atoms with Gasteiger partial charge in [-0.05, 0) is 10.6 Å². The highest BCUT2D eigenvalue weighted by Crippen LogP contribution is 2.27. The largest absolute Gasteiger partial charge is 0.537 e. The van der Waals surface area contributed by atoms with Crippen molar-refractivity contribution in [2.75, 3.05) is 24.8 Å². The molecule has 0 saturated carbocycles. The van der Waals surface area contributed by atoms with Crippen molar-refractivity contribution >= 4 is 13.8 Å². The van der Waals surface area contributed by atoms with E-state index in [1.807, 2.05) is 0 Å². The Hall–Kier alpha value is -1.30. The molecule has 86 valence electrons. The predicted octanol–water partition coefficient (Wildman–Crippen LogP) is 0.297. The third-order valence-corrected chi connectivity index (χ3v) is 2.81. The molecule has 0 bridgehead atoms. The van der Waals surface area contributed by atoms with Crippen LogP contribution in [0.25, 0.3) is 0 Å². The summed E-state index contributed by atoms with van der Waals surface area (Å²) in [5.41, 5.74) is -0.408. The number of rotatable bonds is 3. The van der Waals surface area contributed by atoms with E-state index in [4.69, 9.17) is 9.26 Å². The number of nitrogens with one attached hydrogen (secondary N) is 2. The normalized spacial score (nSPS) is 23.0. The summed E-state index contributed by atoms with van der Waals surface area (Å²) < 4.78 is 21.1. The highest BCUT2D eigenvalue weighted by Gasteiger charge is 2.29. The number of anilines is 1. The van der Waals surface area contributed by atoms with Crippen molar-refractivity contribution in [2.24, 2.45) is 0 Å². The Morgan fingerprint density at radius 3 is 3.25 bits per heavy atom. The monoisotopic (exact) mass is 244 g/mol. The van der Waals surface area contributed by atoms with Gasteiger partial charge in [0.1, 0.15) is 18.5 Å². The lowest BCUT2D eigenvalue weighted by Crippen LogP contribution is -2.31. The van der Waals surface area contributed by atoms with Gasteiger partial charge in [-0.2, -0.15) is 0 Å². The smallest absolute Gasteiger partial charge is 0.369 e. The van der Waals surface area contributed by atoms with E-state index < -0.39 is 13.7 Å². The number of aromatic nitrogens is 2. The second kappa shape index (κ2) is 5.16. The molecule has 2 N–H and O–H groups in total. The summed E-state index contributed by atoms with van der Waals surface area (Å²) in [6, 6.07) is 1.64. The Kier molecular flexibility index (Phi) is 3.61. The maximum Gasteiger partial charge on any atom is 0.537 e. The molecule has 0 spiro atoms. The zero-order valence-corrected chi connectivity index (χ0v) is 9.28. The molecule has 0 aromatic carbocycles. The van der Waals surface area contributed by atoms with Crippen LogP contribution in [-0.4, -0.2) is 35.6 Å². The van der Waals surface area contributed by atoms with Gasteiger partial charge >= 0.3 is 13.7 Å². The van der Waals surface area contributed by atoms with E-state index in [9.17, 15) is 9.36 Å². The molecular weight excluding hydrogens is 233 g/mol. The van der Waals surface area contributed by atoms with Gasteiger partial charge in [0.25, 0.3) is 6.35 Å². The molecular formula is C8H11N3O4P+. The van der Waals surface area contributed by atoms with Gasteiger partial charge in [0.2, 0.25) is 0 Å². The van der Waals surface area contributed by atoms with Crippen LogP contribution in [0.1, 0.15) is 0 Å². The average molecular weight is 244 g/mol. The van der Waals surface area contributed by atoms with E-state index in [0.717, 1.165) is 0 Å². The second-order valence-electron chi connectivity index (χ2n) is 3.22. The first kappa shape index (κ1) is 11.2. The van der Waals surface area contributed by atoms with Gasteiger partial charge in [-0.15, -0.1) is 4.52 Å². The Morgan fingerprint density at radius 2 is 2.56 bits per heavy atom. The zero-order chi connectivity index (χ0) is 11.4. The fourth-order valence-corrected chi connectivity index (χ4v) is 1.97. The number of hydrogen-bond acceptors (Lipinski definition) is 6. The molecule has 16 heavy (non-hydrogen) atoms. The number of hydrogen-bond donors (Lipinski definition) is 2. The number of ether oxygens (including phenoxy) is 1. The minimum Gasteiger partial charge on any atom is -0.369 e. The number of nitrogens with zero attached hydrogens (tertiary/aromatic N) is 1. The van der Waals surface area contributed by atoms with Crippen LogP contribution in [0.3, 0.4) is 0 Å². The predicted molar refractivity (Wildman–Crippen MR) is 56.6 cm³/mol. The van der Waals surface area contributed by atoms with E-state index in [-0.39, 0.29) is 19.1 Å². The van der Waals surface area contributed by atoms with Crippen LogP contribution in [0, 0.1) is 0 Å². The van der Waals surface area contributed by atoms with Crippen molar-refractivity contribution in [3.05, 3.63) is 22.7 Å². The molecule has 2 rings (SSSR count).